The molecule has 142 valence electrons. The van der Waals surface area contributed by atoms with E-state index in [2.05, 4.69) is 18.0 Å². The Morgan fingerprint density at radius 1 is 1.04 bits per heavy atom. The van der Waals surface area contributed by atoms with Crippen molar-refractivity contribution in [2.45, 2.75) is 19.8 Å². The molecule has 5 heteroatoms. The lowest BCUT2D eigenvalue weighted by Gasteiger charge is -2.10. The maximum absolute atomic E-state index is 12.4. The molecule has 1 heterocycles. The molecule has 0 spiro atoms. The number of benzene rings is 2. The van der Waals surface area contributed by atoms with Crippen molar-refractivity contribution in [1.82, 2.24) is 4.98 Å². The Balaban J connectivity index is 1.74. The van der Waals surface area contributed by atoms with Crippen molar-refractivity contribution >= 4 is 12.3 Å². The van der Waals surface area contributed by atoms with Crippen molar-refractivity contribution in [2.75, 3.05) is 7.11 Å². The van der Waals surface area contributed by atoms with Crippen LogP contribution < -0.4 is 9.47 Å². The van der Waals surface area contributed by atoms with Gasteiger partial charge in [0.2, 0.25) is 0 Å². The van der Waals surface area contributed by atoms with Crippen molar-refractivity contribution < 1.29 is 19.1 Å². The molecule has 0 saturated heterocycles. The zero-order chi connectivity index (χ0) is 19.9. The summed E-state index contributed by atoms with van der Waals surface area (Å²) in [7, 11) is 1.45. The Kier molecular flexibility index (Phi) is 6.17. The van der Waals surface area contributed by atoms with E-state index in [1.807, 2.05) is 24.4 Å². The lowest BCUT2D eigenvalue weighted by atomic mass is 10.1. The fourth-order valence-electron chi connectivity index (χ4n) is 2.81. The van der Waals surface area contributed by atoms with E-state index in [0.29, 0.717) is 23.2 Å². The first-order valence-corrected chi connectivity index (χ1v) is 9.05. The Bertz CT molecular complexity index is 963. The van der Waals surface area contributed by atoms with Crippen molar-refractivity contribution in [3.8, 4) is 22.8 Å². The largest absolute Gasteiger partial charge is 0.493 e. The summed E-state index contributed by atoms with van der Waals surface area (Å²) >= 11 is 0. The van der Waals surface area contributed by atoms with Crippen molar-refractivity contribution in [3.63, 3.8) is 0 Å². The molecular weight excluding hydrogens is 354 g/mol. The van der Waals surface area contributed by atoms with Crippen LogP contribution in [0, 0.1) is 0 Å². The molecule has 0 unspecified atom stereocenters. The van der Waals surface area contributed by atoms with Crippen LogP contribution in [-0.4, -0.2) is 24.3 Å². The Hall–Kier alpha value is -3.47. The summed E-state index contributed by atoms with van der Waals surface area (Å²) in [5.74, 6) is 0.0799. The van der Waals surface area contributed by atoms with E-state index in [4.69, 9.17) is 9.47 Å². The van der Waals surface area contributed by atoms with Gasteiger partial charge in [-0.3, -0.25) is 9.78 Å². The number of aromatic nitrogens is 1. The number of esters is 1. The molecule has 3 aromatic rings. The highest BCUT2D eigenvalue weighted by atomic mass is 16.6. The van der Waals surface area contributed by atoms with Gasteiger partial charge in [0.05, 0.1) is 18.4 Å². The van der Waals surface area contributed by atoms with Gasteiger partial charge in [-0.2, -0.15) is 0 Å². The zero-order valence-corrected chi connectivity index (χ0v) is 15.8. The van der Waals surface area contributed by atoms with E-state index in [1.165, 1.54) is 24.8 Å². The molecule has 1 aromatic heterocycles. The molecule has 0 N–H and O–H groups in total. The van der Waals surface area contributed by atoms with Gasteiger partial charge in [-0.25, -0.2) is 4.79 Å². The van der Waals surface area contributed by atoms with Crippen LogP contribution >= 0.6 is 0 Å². The second-order valence-corrected chi connectivity index (χ2v) is 6.30. The first-order chi connectivity index (χ1) is 13.6. The SMILES string of the molecule is CCCc1ccc(-c2ccc(C(=O)Oc3ccc(C=O)cc3OC)cc2)nc1. The van der Waals surface area contributed by atoms with Crippen LogP contribution in [0.4, 0.5) is 0 Å². The predicted octanol–water partition coefficient (Wildman–Crippen LogP) is 4.74. The third-order valence-electron chi connectivity index (χ3n) is 4.31. The average molecular weight is 375 g/mol. The number of methoxy groups -OCH3 is 1. The number of carbonyl (C=O) groups excluding carboxylic acids is 2. The second kappa shape index (κ2) is 8.95. The van der Waals surface area contributed by atoms with Crippen molar-refractivity contribution in [2.24, 2.45) is 0 Å². The molecule has 0 aliphatic heterocycles. The van der Waals surface area contributed by atoms with Gasteiger partial charge in [0, 0.05) is 17.3 Å². The molecule has 0 fully saturated rings. The van der Waals surface area contributed by atoms with Crippen LogP contribution in [-0.2, 0) is 6.42 Å². The summed E-state index contributed by atoms with van der Waals surface area (Å²) in [6.07, 6.45) is 4.68. The van der Waals surface area contributed by atoms with Crippen LogP contribution in [0.15, 0.2) is 60.8 Å². The van der Waals surface area contributed by atoms with Gasteiger partial charge in [-0.15, -0.1) is 0 Å². The minimum Gasteiger partial charge on any atom is -0.493 e. The number of hydrogen-bond donors (Lipinski definition) is 0. The topological polar surface area (TPSA) is 65.5 Å². The number of pyridine rings is 1. The molecule has 0 radical (unpaired) electrons. The molecule has 3 rings (SSSR count). The first kappa shape index (κ1) is 19.3. The van der Waals surface area contributed by atoms with Crippen LogP contribution in [0.25, 0.3) is 11.3 Å². The van der Waals surface area contributed by atoms with Crippen molar-refractivity contribution in [3.05, 3.63) is 77.5 Å². The van der Waals surface area contributed by atoms with Gasteiger partial charge in [0.15, 0.2) is 11.5 Å². The second-order valence-electron chi connectivity index (χ2n) is 6.30. The van der Waals surface area contributed by atoms with Gasteiger partial charge >= 0.3 is 5.97 Å². The van der Waals surface area contributed by atoms with E-state index in [1.54, 1.807) is 18.2 Å². The number of aldehydes is 1. The summed E-state index contributed by atoms with van der Waals surface area (Å²) in [6.45, 7) is 2.14. The van der Waals surface area contributed by atoms with Gasteiger partial charge in [-0.05, 0) is 48.4 Å². The van der Waals surface area contributed by atoms with Gasteiger partial charge in [0.1, 0.15) is 6.29 Å². The minimum atomic E-state index is -0.505. The molecule has 2 aromatic carbocycles. The smallest absolute Gasteiger partial charge is 0.343 e. The fraction of sp³-hybridized carbons (Fsp3) is 0.174. The number of rotatable bonds is 7. The Labute approximate surface area is 164 Å². The summed E-state index contributed by atoms with van der Waals surface area (Å²) in [5, 5.41) is 0. The number of carbonyl (C=O) groups is 2. The summed E-state index contributed by atoms with van der Waals surface area (Å²) in [5.41, 5.74) is 3.84. The molecular formula is C23H21NO4. The highest BCUT2D eigenvalue weighted by Gasteiger charge is 2.13. The Morgan fingerprint density at radius 2 is 1.82 bits per heavy atom. The van der Waals surface area contributed by atoms with Gasteiger partial charge in [-0.1, -0.05) is 31.5 Å². The molecule has 0 bridgehead atoms. The highest BCUT2D eigenvalue weighted by molar-refractivity contribution is 5.92. The lowest BCUT2D eigenvalue weighted by molar-refractivity contribution is 0.0729. The quantitative estimate of drug-likeness (QED) is 0.339. The number of ether oxygens (including phenoxy) is 2. The number of hydrogen-bond acceptors (Lipinski definition) is 5. The van der Waals surface area contributed by atoms with E-state index >= 15 is 0 Å². The predicted molar refractivity (Wildman–Crippen MR) is 107 cm³/mol. The Morgan fingerprint density at radius 3 is 2.43 bits per heavy atom. The standard InChI is InChI=1S/C23H21NO4/c1-3-4-16-5-11-20(24-14-16)18-7-9-19(10-8-18)23(26)28-21-12-6-17(15-25)13-22(21)27-2/h5-15H,3-4H2,1-2H3. The van der Waals surface area contributed by atoms with Crippen LogP contribution in [0.1, 0.15) is 39.6 Å². The summed E-state index contributed by atoms with van der Waals surface area (Å²) in [4.78, 5) is 27.8. The molecule has 0 saturated carbocycles. The average Bonchev–Trinajstić information content (AvgIpc) is 2.75. The third-order valence-corrected chi connectivity index (χ3v) is 4.31. The van der Waals surface area contributed by atoms with Crippen molar-refractivity contribution in [1.29, 1.82) is 0 Å². The van der Waals surface area contributed by atoms with E-state index < -0.39 is 5.97 Å². The van der Waals surface area contributed by atoms with Crippen LogP contribution in [0.2, 0.25) is 0 Å². The monoisotopic (exact) mass is 375 g/mol. The third kappa shape index (κ3) is 4.43. The molecule has 0 amide bonds. The van der Waals surface area contributed by atoms with Crippen LogP contribution in [0.5, 0.6) is 11.5 Å². The number of aryl methyl sites for hydroxylation is 1. The molecule has 0 aliphatic rings. The fourth-order valence-corrected chi connectivity index (χ4v) is 2.81. The molecule has 0 aliphatic carbocycles. The first-order valence-electron chi connectivity index (χ1n) is 9.05. The number of nitrogens with zero attached hydrogens (tertiary/aromatic N) is 1. The summed E-state index contributed by atoms with van der Waals surface area (Å²) in [6, 6.07) is 15.8. The van der Waals surface area contributed by atoms with Gasteiger partial charge < -0.3 is 9.47 Å². The summed E-state index contributed by atoms with van der Waals surface area (Å²) < 4.78 is 10.6. The molecule has 28 heavy (non-hydrogen) atoms. The van der Waals surface area contributed by atoms with Crippen LogP contribution in [0.3, 0.4) is 0 Å². The highest BCUT2D eigenvalue weighted by Crippen LogP contribution is 2.28. The minimum absolute atomic E-state index is 0.260. The van der Waals surface area contributed by atoms with E-state index in [0.717, 1.165) is 24.1 Å². The maximum Gasteiger partial charge on any atom is 0.343 e. The van der Waals surface area contributed by atoms with Gasteiger partial charge in [0.25, 0.3) is 0 Å². The lowest BCUT2D eigenvalue weighted by Crippen LogP contribution is -2.09. The normalized spacial score (nSPS) is 10.4. The molecule has 0 atom stereocenters. The van der Waals surface area contributed by atoms with E-state index in [-0.39, 0.29) is 5.75 Å². The van der Waals surface area contributed by atoms with E-state index in [9.17, 15) is 9.59 Å². The molecule has 5 nitrogen and oxygen atoms in total. The zero-order valence-electron chi connectivity index (χ0n) is 15.8. The maximum atomic E-state index is 12.4.